The third-order valence-corrected chi connectivity index (χ3v) is 3.10. The Morgan fingerprint density at radius 3 is 2.50 bits per heavy atom. The molecule has 92 valence electrons. The van der Waals surface area contributed by atoms with Crippen LogP contribution in [-0.4, -0.2) is 41.1 Å². The summed E-state index contributed by atoms with van der Waals surface area (Å²) in [5.74, 6) is -0.820. The van der Waals surface area contributed by atoms with E-state index in [0.717, 1.165) is 12.8 Å². The maximum Gasteiger partial charge on any atom is 0.317 e. The molecule has 5 nitrogen and oxygen atoms in total. The normalized spacial score (nSPS) is 17.4. The summed E-state index contributed by atoms with van der Waals surface area (Å²) >= 11 is 0. The summed E-state index contributed by atoms with van der Waals surface area (Å²) in [7, 11) is 1.69. The highest BCUT2D eigenvalue weighted by atomic mass is 16.4. The molecule has 2 amide bonds. The predicted octanol–water partition coefficient (Wildman–Crippen LogP) is 1.44. The van der Waals surface area contributed by atoms with Crippen LogP contribution in [0.3, 0.4) is 0 Å². The van der Waals surface area contributed by atoms with Crippen molar-refractivity contribution in [1.82, 2.24) is 10.2 Å². The van der Waals surface area contributed by atoms with E-state index >= 15 is 0 Å². The fraction of sp³-hybridized carbons (Fsp3) is 0.818. The molecular weight excluding hydrogens is 208 g/mol. The predicted molar refractivity (Wildman–Crippen MR) is 60.3 cm³/mol. The summed E-state index contributed by atoms with van der Waals surface area (Å²) in [5.41, 5.74) is -0.0435. The van der Waals surface area contributed by atoms with Crippen LogP contribution in [0, 0.1) is 0 Å². The summed E-state index contributed by atoms with van der Waals surface area (Å²) < 4.78 is 0. The largest absolute Gasteiger partial charge is 0.481 e. The summed E-state index contributed by atoms with van der Waals surface area (Å²) in [6.07, 6.45) is 3.83. The summed E-state index contributed by atoms with van der Waals surface area (Å²) in [6, 6.07) is -0.104. The molecule has 0 radical (unpaired) electrons. The van der Waals surface area contributed by atoms with Crippen LogP contribution in [0.15, 0.2) is 0 Å². The van der Waals surface area contributed by atoms with Crippen LogP contribution in [0.25, 0.3) is 0 Å². The van der Waals surface area contributed by atoms with Crippen LogP contribution < -0.4 is 5.32 Å². The highest BCUT2D eigenvalue weighted by Gasteiger charge is 2.33. The lowest BCUT2D eigenvalue weighted by Crippen LogP contribution is -2.54. The second-order valence-electron chi connectivity index (χ2n) is 4.76. The molecule has 0 aromatic heterocycles. The van der Waals surface area contributed by atoms with Crippen molar-refractivity contribution >= 4 is 12.0 Å². The highest BCUT2D eigenvalue weighted by molar-refractivity contribution is 5.75. The Morgan fingerprint density at radius 1 is 1.44 bits per heavy atom. The van der Waals surface area contributed by atoms with E-state index in [1.165, 1.54) is 6.42 Å². The first-order valence-electron chi connectivity index (χ1n) is 5.68. The van der Waals surface area contributed by atoms with Gasteiger partial charge in [0.1, 0.15) is 0 Å². The van der Waals surface area contributed by atoms with E-state index < -0.39 is 5.97 Å². The van der Waals surface area contributed by atoms with E-state index in [-0.39, 0.29) is 18.0 Å². The molecule has 0 spiro atoms. The molecule has 0 aliphatic heterocycles. The van der Waals surface area contributed by atoms with Gasteiger partial charge >= 0.3 is 12.0 Å². The molecule has 16 heavy (non-hydrogen) atoms. The summed E-state index contributed by atoms with van der Waals surface area (Å²) in [5, 5.41) is 11.4. The number of carbonyl (C=O) groups excluding carboxylic acids is 1. The van der Waals surface area contributed by atoms with E-state index in [4.69, 9.17) is 5.11 Å². The number of carboxylic acid groups (broad SMARTS) is 1. The van der Waals surface area contributed by atoms with Gasteiger partial charge in [-0.2, -0.15) is 0 Å². The molecule has 5 heteroatoms. The van der Waals surface area contributed by atoms with E-state index in [0.29, 0.717) is 13.0 Å². The van der Waals surface area contributed by atoms with Crippen molar-refractivity contribution in [3.05, 3.63) is 0 Å². The second kappa shape index (κ2) is 5.18. The average Bonchev–Trinajstić information content (AvgIpc) is 2.14. The molecule has 0 aromatic rings. The van der Waals surface area contributed by atoms with Crippen molar-refractivity contribution in [3.63, 3.8) is 0 Å². The first kappa shape index (κ1) is 12.8. The number of aliphatic carboxylic acids is 1. The van der Waals surface area contributed by atoms with Gasteiger partial charge in [-0.3, -0.25) is 4.79 Å². The summed E-state index contributed by atoms with van der Waals surface area (Å²) in [4.78, 5) is 23.6. The molecule has 1 saturated carbocycles. The molecule has 0 aromatic carbocycles. The molecular formula is C11H20N2O3. The Hall–Kier alpha value is -1.26. The van der Waals surface area contributed by atoms with Crippen molar-refractivity contribution in [2.24, 2.45) is 0 Å². The number of amides is 2. The lowest BCUT2D eigenvalue weighted by atomic mass is 9.79. The van der Waals surface area contributed by atoms with Crippen molar-refractivity contribution in [1.29, 1.82) is 0 Å². The van der Waals surface area contributed by atoms with Crippen LogP contribution >= 0.6 is 0 Å². The highest BCUT2D eigenvalue weighted by Crippen LogP contribution is 2.30. The average molecular weight is 228 g/mol. The fourth-order valence-electron chi connectivity index (χ4n) is 1.75. The number of carbonyl (C=O) groups is 2. The lowest BCUT2D eigenvalue weighted by molar-refractivity contribution is -0.137. The van der Waals surface area contributed by atoms with Crippen LogP contribution in [0.4, 0.5) is 4.79 Å². The first-order chi connectivity index (χ1) is 7.43. The van der Waals surface area contributed by atoms with Crippen LogP contribution in [0.2, 0.25) is 0 Å². The minimum Gasteiger partial charge on any atom is -0.481 e. The number of nitrogens with zero attached hydrogens (tertiary/aromatic N) is 1. The standard InChI is InChI=1S/C11H20N2O3/c1-11(6-4-7-11)12-10(16)13(2)8-3-5-9(14)15/h3-8H2,1-2H3,(H,12,16)(H,14,15). The zero-order chi connectivity index (χ0) is 12.2. The Kier molecular flexibility index (Phi) is 4.15. The molecule has 1 aliphatic rings. The molecule has 0 bridgehead atoms. The molecule has 1 rings (SSSR count). The smallest absolute Gasteiger partial charge is 0.317 e. The van der Waals surface area contributed by atoms with Crippen LogP contribution in [0.1, 0.15) is 39.0 Å². The molecule has 0 saturated heterocycles. The molecule has 0 heterocycles. The van der Waals surface area contributed by atoms with Crippen molar-refractivity contribution in [3.8, 4) is 0 Å². The topological polar surface area (TPSA) is 69.6 Å². The van der Waals surface area contributed by atoms with Gasteiger partial charge in [-0.1, -0.05) is 0 Å². The van der Waals surface area contributed by atoms with Gasteiger partial charge in [0.25, 0.3) is 0 Å². The Labute approximate surface area is 95.8 Å². The number of urea groups is 1. The Balaban J connectivity index is 2.22. The molecule has 2 N–H and O–H groups in total. The first-order valence-corrected chi connectivity index (χ1v) is 5.68. The number of hydrogen-bond donors (Lipinski definition) is 2. The molecule has 1 fully saturated rings. The van der Waals surface area contributed by atoms with Crippen molar-refractivity contribution in [2.45, 2.75) is 44.6 Å². The minimum atomic E-state index is -0.820. The maximum atomic E-state index is 11.7. The number of hydrogen-bond acceptors (Lipinski definition) is 2. The number of carboxylic acids is 1. The third-order valence-electron chi connectivity index (χ3n) is 3.10. The van der Waals surface area contributed by atoms with Crippen molar-refractivity contribution < 1.29 is 14.7 Å². The molecule has 0 atom stereocenters. The number of nitrogens with one attached hydrogen (secondary N) is 1. The van der Waals surface area contributed by atoms with Crippen LogP contribution in [-0.2, 0) is 4.79 Å². The van der Waals surface area contributed by atoms with E-state index in [2.05, 4.69) is 5.32 Å². The van der Waals surface area contributed by atoms with Gasteiger partial charge in [-0.05, 0) is 32.6 Å². The second-order valence-corrected chi connectivity index (χ2v) is 4.76. The van der Waals surface area contributed by atoms with Crippen LogP contribution in [0.5, 0.6) is 0 Å². The summed E-state index contributed by atoms with van der Waals surface area (Å²) in [6.45, 7) is 2.52. The zero-order valence-electron chi connectivity index (χ0n) is 9.95. The third kappa shape index (κ3) is 3.72. The maximum absolute atomic E-state index is 11.7. The number of rotatable bonds is 5. The molecule has 1 aliphatic carbocycles. The van der Waals surface area contributed by atoms with Crippen molar-refractivity contribution in [2.75, 3.05) is 13.6 Å². The van der Waals surface area contributed by atoms with Gasteiger partial charge in [0, 0.05) is 25.6 Å². The van der Waals surface area contributed by atoms with E-state index in [9.17, 15) is 9.59 Å². The van der Waals surface area contributed by atoms with E-state index in [1.54, 1.807) is 11.9 Å². The van der Waals surface area contributed by atoms with Gasteiger partial charge in [-0.25, -0.2) is 4.79 Å². The van der Waals surface area contributed by atoms with Gasteiger partial charge in [0.05, 0.1) is 0 Å². The lowest BCUT2D eigenvalue weighted by Gasteiger charge is -2.40. The minimum absolute atomic E-state index is 0.0435. The molecule has 0 unspecified atom stereocenters. The quantitative estimate of drug-likeness (QED) is 0.748. The van der Waals surface area contributed by atoms with Gasteiger partial charge in [-0.15, -0.1) is 0 Å². The van der Waals surface area contributed by atoms with Gasteiger partial charge < -0.3 is 15.3 Å². The van der Waals surface area contributed by atoms with Gasteiger partial charge in [0.15, 0.2) is 0 Å². The Bertz CT molecular complexity index is 274. The SMILES string of the molecule is CN(CCCC(=O)O)C(=O)NC1(C)CCC1. The van der Waals surface area contributed by atoms with Gasteiger partial charge in [0.2, 0.25) is 0 Å². The van der Waals surface area contributed by atoms with E-state index in [1.807, 2.05) is 6.92 Å². The monoisotopic (exact) mass is 228 g/mol. The Morgan fingerprint density at radius 2 is 2.06 bits per heavy atom. The fourth-order valence-corrected chi connectivity index (χ4v) is 1.75. The zero-order valence-corrected chi connectivity index (χ0v) is 9.95.